The van der Waals surface area contributed by atoms with Crippen LogP contribution in [-0.4, -0.2) is 205 Å². The normalized spacial score (nSPS) is 25.7. The number of carbonyl (C=O) groups excluding carboxylic acids is 4. The first-order valence-corrected chi connectivity index (χ1v) is 47.3. The van der Waals surface area contributed by atoms with Gasteiger partial charge < -0.3 is 88.7 Å². The first-order valence-electron chi connectivity index (χ1n) is 45.8. The van der Waals surface area contributed by atoms with E-state index in [2.05, 4.69) is 46.8 Å². The second-order valence-corrected chi connectivity index (χ2v) is 34.5. The van der Waals surface area contributed by atoms with Gasteiger partial charge in [0, 0.05) is 25.7 Å². The van der Waals surface area contributed by atoms with Crippen molar-refractivity contribution in [1.82, 2.24) is 0 Å². The molecule has 0 radical (unpaired) electrons. The molecule has 19 unspecified atom stereocenters. The Morgan fingerprint density at radius 1 is 0.368 bits per heavy atom. The van der Waals surface area contributed by atoms with Gasteiger partial charge in [-0.3, -0.25) is 28.2 Å². The largest absolute Gasteiger partial charge is 0.472 e. The van der Waals surface area contributed by atoms with Crippen LogP contribution in [0.2, 0.25) is 0 Å². The van der Waals surface area contributed by atoms with Gasteiger partial charge in [0.05, 0.1) is 13.2 Å². The average molecular weight is 1650 g/mol. The molecule has 3 rings (SSSR count). The number of allylic oxidation sites excluding steroid dienone is 2. The standard InChI is InChI=1S/C88H163O25P/c1-6-10-14-18-22-25-28-31-34-37-40-47-53-59-71(90)104-64-68(107-73(92)61-55-49-42-39-36-33-30-27-24-20-16-12-8-3)65-106-114(102,103)113-86-84(111-87-81(100)77(96)75(94)69(63-89)108-87)80(99)79(98)83(110-74(93)62-56-50-44-43-46-52-58-67(5)57-51-45-21-17-13-9-4)85(86)112-88-82(101)78(97)76(95)70(109-88)66-105-72(91)60-54-48-41-38-35-32-29-26-23-19-15-11-7-2/h33,36,67-70,75-89,94-101H,6-32,34-35,37-66H2,1-5H3,(H,102,103)/b36-33-. The summed E-state index contributed by atoms with van der Waals surface area (Å²) in [6, 6.07) is 0. The SMILES string of the molecule is CCCCCCCC/C=C\CCCCCC(=O)OC(COC(=O)CCCCCCCCCCCCCCC)COP(=O)(O)OC1C(OC2OC(CO)C(O)C(O)C2O)C(O)C(O)C(OC(=O)CCCCCCCCC(C)CCCCCCCC)C1OC1OC(COC(=O)CCCCCCCCCCCCCCC)C(O)C(O)C1O. The minimum absolute atomic E-state index is 0.0173. The zero-order valence-electron chi connectivity index (χ0n) is 71.3. The number of aliphatic hydroxyl groups excluding tert-OH is 9. The maximum Gasteiger partial charge on any atom is 0.472 e. The molecule has 0 aromatic heterocycles. The Hall–Kier alpha value is -2.79. The van der Waals surface area contributed by atoms with Crippen molar-refractivity contribution in [2.45, 2.75) is 492 Å². The van der Waals surface area contributed by atoms with E-state index in [9.17, 15) is 74.6 Å². The second-order valence-electron chi connectivity index (χ2n) is 33.1. The van der Waals surface area contributed by atoms with Gasteiger partial charge in [0.2, 0.25) is 0 Å². The molecule has 670 valence electrons. The molecular formula is C88H163O25P. The van der Waals surface area contributed by atoms with E-state index in [0.29, 0.717) is 44.4 Å². The van der Waals surface area contributed by atoms with E-state index in [-0.39, 0.29) is 25.7 Å². The molecule has 10 N–H and O–H groups in total. The molecule has 1 saturated carbocycles. The minimum atomic E-state index is -5.81. The van der Waals surface area contributed by atoms with Crippen LogP contribution >= 0.6 is 7.82 Å². The number of aliphatic hydroxyl groups is 9. The van der Waals surface area contributed by atoms with Gasteiger partial charge in [0.15, 0.2) is 24.8 Å². The summed E-state index contributed by atoms with van der Waals surface area (Å²) < 4.78 is 73.3. The molecule has 19 atom stereocenters. The van der Waals surface area contributed by atoms with Gasteiger partial charge in [0.25, 0.3) is 0 Å². The third-order valence-corrected chi connectivity index (χ3v) is 23.7. The van der Waals surface area contributed by atoms with Crippen molar-refractivity contribution >= 4 is 31.7 Å². The fourth-order valence-corrected chi connectivity index (χ4v) is 16.2. The Balaban J connectivity index is 1.94. The lowest BCUT2D eigenvalue weighted by Gasteiger charge is -2.50. The van der Waals surface area contributed by atoms with Crippen LogP contribution in [0.5, 0.6) is 0 Å². The molecule has 0 aromatic carbocycles. The summed E-state index contributed by atoms with van der Waals surface area (Å²) >= 11 is 0. The van der Waals surface area contributed by atoms with Gasteiger partial charge in [0.1, 0.15) is 92.6 Å². The topological polar surface area (TPSA) is 380 Å². The Morgan fingerprint density at radius 3 is 1.14 bits per heavy atom. The number of carbonyl (C=O) groups is 4. The molecule has 2 saturated heterocycles. The minimum Gasteiger partial charge on any atom is -0.463 e. The number of hydrogen-bond acceptors (Lipinski definition) is 24. The fourth-order valence-electron chi connectivity index (χ4n) is 15.3. The first-order chi connectivity index (χ1) is 55.1. The molecule has 0 bridgehead atoms. The lowest BCUT2D eigenvalue weighted by atomic mass is 9.84. The van der Waals surface area contributed by atoms with Crippen LogP contribution in [0.15, 0.2) is 12.2 Å². The molecule has 3 aliphatic rings. The van der Waals surface area contributed by atoms with Crippen molar-refractivity contribution in [2.75, 3.05) is 26.4 Å². The predicted molar refractivity (Wildman–Crippen MR) is 439 cm³/mol. The molecule has 1 aliphatic carbocycles. The van der Waals surface area contributed by atoms with E-state index in [4.69, 9.17) is 46.9 Å². The maximum atomic E-state index is 14.9. The van der Waals surface area contributed by atoms with Crippen LogP contribution in [0, 0.1) is 5.92 Å². The highest BCUT2D eigenvalue weighted by Crippen LogP contribution is 2.49. The lowest BCUT2D eigenvalue weighted by molar-refractivity contribution is -0.360. The van der Waals surface area contributed by atoms with E-state index in [1.54, 1.807) is 0 Å². The maximum absolute atomic E-state index is 14.9. The first kappa shape index (κ1) is 105. The van der Waals surface area contributed by atoms with Crippen LogP contribution in [0.25, 0.3) is 0 Å². The zero-order chi connectivity index (χ0) is 83.4. The Labute approximate surface area is 686 Å². The third kappa shape index (κ3) is 47.4. The van der Waals surface area contributed by atoms with Crippen LogP contribution in [0.1, 0.15) is 388 Å². The number of hydrogen-bond donors (Lipinski definition) is 10. The van der Waals surface area contributed by atoms with Crippen molar-refractivity contribution < 1.29 is 122 Å². The number of phosphoric acid groups is 1. The number of unbranched alkanes of at least 4 members (excludes halogenated alkanes) is 43. The van der Waals surface area contributed by atoms with Gasteiger partial charge >= 0.3 is 31.7 Å². The summed E-state index contributed by atoms with van der Waals surface area (Å²) in [5.41, 5.74) is 0. The van der Waals surface area contributed by atoms with Crippen LogP contribution in [0.4, 0.5) is 0 Å². The predicted octanol–water partition coefficient (Wildman–Crippen LogP) is 16.2. The molecule has 0 amide bonds. The summed E-state index contributed by atoms with van der Waals surface area (Å²) in [6.45, 7) is 7.86. The van der Waals surface area contributed by atoms with Crippen molar-refractivity contribution in [3.05, 3.63) is 12.2 Å². The monoisotopic (exact) mass is 1650 g/mol. The summed E-state index contributed by atoms with van der Waals surface area (Å²) in [7, 11) is -5.81. The van der Waals surface area contributed by atoms with Gasteiger partial charge in [-0.25, -0.2) is 4.57 Å². The second kappa shape index (κ2) is 66.9. The number of esters is 4. The number of ether oxygens (including phenoxy) is 8. The van der Waals surface area contributed by atoms with Crippen LogP contribution in [-0.2, 0) is 70.7 Å². The molecule has 26 heteroatoms. The number of rotatable bonds is 73. The van der Waals surface area contributed by atoms with Crippen LogP contribution < -0.4 is 0 Å². The zero-order valence-corrected chi connectivity index (χ0v) is 72.2. The third-order valence-electron chi connectivity index (χ3n) is 22.7. The Morgan fingerprint density at radius 2 is 0.711 bits per heavy atom. The summed E-state index contributed by atoms with van der Waals surface area (Å²) in [6.07, 6.45) is 22.4. The van der Waals surface area contributed by atoms with Gasteiger partial charge in [-0.15, -0.1) is 0 Å². The van der Waals surface area contributed by atoms with E-state index in [1.165, 1.54) is 167 Å². The highest BCUT2D eigenvalue weighted by molar-refractivity contribution is 7.47. The molecule has 25 nitrogen and oxygen atoms in total. The Bertz CT molecular complexity index is 2440. The van der Waals surface area contributed by atoms with Crippen molar-refractivity contribution in [3.63, 3.8) is 0 Å². The van der Waals surface area contributed by atoms with E-state index in [1.807, 2.05) is 0 Å². The van der Waals surface area contributed by atoms with Crippen molar-refractivity contribution in [2.24, 2.45) is 5.92 Å². The van der Waals surface area contributed by atoms with Crippen molar-refractivity contribution in [1.29, 1.82) is 0 Å². The molecule has 3 fully saturated rings. The van der Waals surface area contributed by atoms with Crippen molar-refractivity contribution in [3.8, 4) is 0 Å². The van der Waals surface area contributed by atoms with Gasteiger partial charge in [-0.05, 0) is 57.3 Å². The van der Waals surface area contributed by atoms with E-state index < -0.39 is 162 Å². The summed E-state index contributed by atoms with van der Waals surface area (Å²) in [5.74, 6) is -2.35. The molecule has 2 aliphatic heterocycles. The molecule has 0 spiro atoms. The lowest BCUT2D eigenvalue weighted by Crippen LogP contribution is -2.70. The van der Waals surface area contributed by atoms with Crippen LogP contribution in [0.3, 0.4) is 0 Å². The highest BCUT2D eigenvalue weighted by atomic mass is 31.2. The highest BCUT2D eigenvalue weighted by Gasteiger charge is 2.60. The van der Waals surface area contributed by atoms with E-state index in [0.717, 1.165) is 122 Å². The summed E-state index contributed by atoms with van der Waals surface area (Å²) in [4.78, 5) is 66.3. The van der Waals surface area contributed by atoms with E-state index >= 15 is 0 Å². The fraction of sp³-hybridized carbons (Fsp3) is 0.932. The molecule has 2 heterocycles. The Kier molecular flexibility index (Phi) is 61.8. The molecule has 0 aromatic rings. The van der Waals surface area contributed by atoms with Gasteiger partial charge in [-0.1, -0.05) is 323 Å². The quantitative estimate of drug-likeness (QED) is 0.00889. The molecule has 114 heavy (non-hydrogen) atoms. The smallest absolute Gasteiger partial charge is 0.463 e. The molecular weight excluding hydrogens is 1490 g/mol. The number of phosphoric ester groups is 1. The average Bonchev–Trinajstić information content (AvgIpc) is 0.755. The summed E-state index contributed by atoms with van der Waals surface area (Å²) in [5, 5.41) is 102. The van der Waals surface area contributed by atoms with Gasteiger partial charge in [-0.2, -0.15) is 0 Å².